The SMILES string of the molecule is Cc1nn(C)c2nc(-c3ccccn3)nc(N3CCC4NNCC4C3)c12. The molecule has 3 aromatic rings. The Labute approximate surface area is 151 Å². The number of nitrogens with one attached hydrogen (secondary N) is 2. The molecule has 0 spiro atoms. The fourth-order valence-electron chi connectivity index (χ4n) is 4.10. The van der Waals surface area contributed by atoms with Gasteiger partial charge in [0.15, 0.2) is 11.5 Å². The minimum absolute atomic E-state index is 0.550. The Kier molecular flexibility index (Phi) is 3.61. The van der Waals surface area contributed by atoms with Crippen molar-refractivity contribution in [3.63, 3.8) is 0 Å². The van der Waals surface area contributed by atoms with Crippen LogP contribution in [-0.4, -0.2) is 50.4 Å². The van der Waals surface area contributed by atoms with E-state index in [1.807, 2.05) is 36.9 Å². The summed E-state index contributed by atoms with van der Waals surface area (Å²) in [7, 11) is 1.94. The van der Waals surface area contributed by atoms with Crippen molar-refractivity contribution in [1.82, 2.24) is 35.6 Å². The number of hydrogen-bond acceptors (Lipinski definition) is 7. The molecule has 8 heteroatoms. The second-order valence-electron chi connectivity index (χ2n) is 7.12. The van der Waals surface area contributed by atoms with Gasteiger partial charge < -0.3 is 4.90 Å². The second-order valence-corrected chi connectivity index (χ2v) is 7.12. The lowest BCUT2D eigenvalue weighted by Crippen LogP contribution is -2.45. The molecular weight excluding hydrogens is 328 g/mol. The summed E-state index contributed by atoms with van der Waals surface area (Å²) in [6.45, 7) is 4.97. The van der Waals surface area contributed by atoms with Crippen LogP contribution >= 0.6 is 0 Å². The van der Waals surface area contributed by atoms with Gasteiger partial charge in [-0.15, -0.1) is 0 Å². The molecule has 26 heavy (non-hydrogen) atoms. The summed E-state index contributed by atoms with van der Waals surface area (Å²) >= 11 is 0. The lowest BCUT2D eigenvalue weighted by molar-refractivity contribution is 0.383. The minimum Gasteiger partial charge on any atom is -0.355 e. The van der Waals surface area contributed by atoms with Crippen LogP contribution in [0.25, 0.3) is 22.6 Å². The van der Waals surface area contributed by atoms with Crippen molar-refractivity contribution in [3.05, 3.63) is 30.1 Å². The van der Waals surface area contributed by atoms with Crippen molar-refractivity contribution in [2.45, 2.75) is 19.4 Å². The smallest absolute Gasteiger partial charge is 0.182 e. The number of aromatic nitrogens is 5. The van der Waals surface area contributed by atoms with Gasteiger partial charge in [0.25, 0.3) is 0 Å². The van der Waals surface area contributed by atoms with Gasteiger partial charge in [-0.05, 0) is 25.5 Å². The van der Waals surface area contributed by atoms with Gasteiger partial charge in [-0.2, -0.15) is 5.10 Å². The molecule has 2 fully saturated rings. The average Bonchev–Trinajstić information content (AvgIpc) is 3.25. The molecule has 8 nitrogen and oxygen atoms in total. The molecule has 0 bridgehead atoms. The lowest BCUT2D eigenvalue weighted by Gasteiger charge is -2.35. The summed E-state index contributed by atoms with van der Waals surface area (Å²) in [6.07, 6.45) is 2.87. The zero-order chi connectivity index (χ0) is 17.7. The minimum atomic E-state index is 0.550. The zero-order valence-electron chi connectivity index (χ0n) is 15.0. The first kappa shape index (κ1) is 15.7. The molecule has 5 heterocycles. The van der Waals surface area contributed by atoms with E-state index in [0.717, 1.165) is 54.3 Å². The van der Waals surface area contributed by atoms with Gasteiger partial charge in [0, 0.05) is 44.8 Å². The lowest BCUT2D eigenvalue weighted by atomic mass is 9.94. The van der Waals surface area contributed by atoms with E-state index < -0.39 is 0 Å². The van der Waals surface area contributed by atoms with Gasteiger partial charge in [-0.1, -0.05) is 6.07 Å². The van der Waals surface area contributed by atoms with Crippen LogP contribution in [0.15, 0.2) is 24.4 Å². The van der Waals surface area contributed by atoms with E-state index in [4.69, 9.17) is 9.97 Å². The Balaban J connectivity index is 1.65. The largest absolute Gasteiger partial charge is 0.355 e. The molecule has 2 N–H and O–H groups in total. The number of hydrogen-bond donors (Lipinski definition) is 2. The molecule has 0 aromatic carbocycles. The van der Waals surface area contributed by atoms with Crippen molar-refractivity contribution >= 4 is 16.9 Å². The molecule has 2 aliphatic heterocycles. The third-order valence-corrected chi connectivity index (χ3v) is 5.42. The predicted molar refractivity (Wildman–Crippen MR) is 99.5 cm³/mol. The molecule has 2 saturated heterocycles. The van der Waals surface area contributed by atoms with E-state index in [0.29, 0.717) is 17.8 Å². The van der Waals surface area contributed by atoms with Crippen molar-refractivity contribution in [1.29, 1.82) is 0 Å². The van der Waals surface area contributed by atoms with Crippen molar-refractivity contribution in [2.75, 3.05) is 24.5 Å². The molecule has 2 aliphatic rings. The molecule has 5 rings (SSSR count). The van der Waals surface area contributed by atoms with E-state index in [2.05, 4.69) is 25.8 Å². The summed E-state index contributed by atoms with van der Waals surface area (Å²) in [4.78, 5) is 16.5. The average molecular weight is 350 g/mol. The normalized spacial score (nSPS) is 22.8. The molecule has 0 radical (unpaired) electrons. The van der Waals surface area contributed by atoms with E-state index in [-0.39, 0.29) is 0 Å². The Bertz CT molecular complexity index is 951. The van der Waals surface area contributed by atoms with Crippen LogP contribution < -0.4 is 15.8 Å². The van der Waals surface area contributed by atoms with Crippen LogP contribution in [0, 0.1) is 12.8 Å². The fourth-order valence-corrected chi connectivity index (χ4v) is 4.10. The number of rotatable bonds is 2. The van der Waals surface area contributed by atoms with Crippen LogP contribution in [0.4, 0.5) is 5.82 Å². The van der Waals surface area contributed by atoms with Gasteiger partial charge in [0.05, 0.1) is 11.1 Å². The second kappa shape index (κ2) is 6.00. The number of pyridine rings is 1. The molecule has 2 atom stereocenters. The number of aryl methyl sites for hydroxylation is 2. The quantitative estimate of drug-likeness (QED) is 0.714. The van der Waals surface area contributed by atoms with Crippen molar-refractivity contribution in [3.8, 4) is 11.5 Å². The van der Waals surface area contributed by atoms with E-state index in [1.165, 1.54) is 0 Å². The van der Waals surface area contributed by atoms with E-state index in [1.54, 1.807) is 6.20 Å². The van der Waals surface area contributed by atoms with E-state index >= 15 is 0 Å². The van der Waals surface area contributed by atoms with E-state index in [9.17, 15) is 0 Å². The monoisotopic (exact) mass is 350 g/mol. The van der Waals surface area contributed by atoms with Crippen LogP contribution in [0.5, 0.6) is 0 Å². The van der Waals surface area contributed by atoms with Crippen LogP contribution in [0.3, 0.4) is 0 Å². The maximum atomic E-state index is 4.94. The standard InChI is InChI=1S/C18H22N8/c1-11-15-17(25(2)24-11)21-16(14-5-3-4-7-19-14)22-18(15)26-8-6-13-12(10-26)9-20-23-13/h3-5,7,12-13,20,23H,6,8-10H2,1-2H3. The third kappa shape index (κ3) is 2.45. The van der Waals surface area contributed by atoms with Gasteiger partial charge in [-0.25, -0.2) is 9.97 Å². The number of fused-ring (bicyclic) bond motifs is 2. The Morgan fingerprint density at radius 1 is 1.23 bits per heavy atom. The first-order valence-electron chi connectivity index (χ1n) is 9.07. The van der Waals surface area contributed by atoms with Gasteiger partial charge >= 0.3 is 0 Å². The van der Waals surface area contributed by atoms with Crippen LogP contribution in [0.2, 0.25) is 0 Å². The third-order valence-electron chi connectivity index (χ3n) is 5.42. The molecule has 0 aliphatic carbocycles. The Morgan fingerprint density at radius 3 is 3.00 bits per heavy atom. The van der Waals surface area contributed by atoms with Gasteiger partial charge in [0.2, 0.25) is 0 Å². The van der Waals surface area contributed by atoms with Gasteiger partial charge in [0.1, 0.15) is 11.5 Å². The topological polar surface area (TPSA) is 83.8 Å². The molecule has 3 aromatic heterocycles. The highest BCUT2D eigenvalue weighted by molar-refractivity contribution is 5.91. The maximum Gasteiger partial charge on any atom is 0.182 e. The van der Waals surface area contributed by atoms with Crippen molar-refractivity contribution in [2.24, 2.45) is 13.0 Å². The summed E-state index contributed by atoms with van der Waals surface area (Å²) in [5.74, 6) is 2.22. The summed E-state index contributed by atoms with van der Waals surface area (Å²) in [5, 5.41) is 5.64. The van der Waals surface area contributed by atoms with Crippen LogP contribution in [-0.2, 0) is 7.05 Å². The molecular formula is C18H22N8. The highest BCUT2D eigenvalue weighted by Gasteiger charge is 2.34. The molecule has 134 valence electrons. The number of anilines is 1. The molecule has 0 amide bonds. The molecule has 0 saturated carbocycles. The number of hydrazine groups is 1. The number of piperidine rings is 1. The summed E-state index contributed by atoms with van der Waals surface area (Å²) in [5.41, 5.74) is 9.29. The summed E-state index contributed by atoms with van der Waals surface area (Å²) < 4.78 is 1.84. The number of nitrogens with zero attached hydrogens (tertiary/aromatic N) is 6. The highest BCUT2D eigenvalue weighted by atomic mass is 15.4. The first-order valence-corrected chi connectivity index (χ1v) is 9.07. The maximum absolute atomic E-state index is 4.94. The zero-order valence-corrected chi connectivity index (χ0v) is 15.0. The van der Waals surface area contributed by atoms with Crippen LogP contribution in [0.1, 0.15) is 12.1 Å². The van der Waals surface area contributed by atoms with Crippen molar-refractivity contribution < 1.29 is 0 Å². The fraction of sp³-hybridized carbons (Fsp3) is 0.444. The summed E-state index contributed by atoms with van der Waals surface area (Å²) in [6, 6.07) is 6.37. The Hall–Kier alpha value is -2.58. The molecule has 2 unspecified atom stereocenters. The first-order chi connectivity index (χ1) is 12.7. The predicted octanol–water partition coefficient (Wildman–Crippen LogP) is 1.04. The van der Waals surface area contributed by atoms with Gasteiger partial charge in [-0.3, -0.25) is 20.5 Å². The Morgan fingerprint density at radius 2 is 2.15 bits per heavy atom. The highest BCUT2D eigenvalue weighted by Crippen LogP contribution is 2.32.